The van der Waals surface area contributed by atoms with Crippen molar-refractivity contribution in [2.75, 3.05) is 26.3 Å². The number of nitrogens with one attached hydrogen (secondary N) is 1. The highest BCUT2D eigenvalue weighted by Gasteiger charge is 2.42. The van der Waals surface area contributed by atoms with Gasteiger partial charge < -0.3 is 15.0 Å². The van der Waals surface area contributed by atoms with Crippen molar-refractivity contribution in [3.05, 3.63) is 17.5 Å². The van der Waals surface area contributed by atoms with Crippen molar-refractivity contribution >= 4 is 11.8 Å². The van der Waals surface area contributed by atoms with Crippen molar-refractivity contribution in [1.29, 1.82) is 0 Å². The normalized spacial score (nSPS) is 29.0. The zero-order valence-electron chi connectivity index (χ0n) is 15.6. The first-order valence-corrected chi connectivity index (χ1v) is 9.75. The topological polar surface area (TPSA) is 76.5 Å². The van der Waals surface area contributed by atoms with Crippen LogP contribution >= 0.6 is 0 Å². The van der Waals surface area contributed by atoms with Crippen LogP contribution in [0.5, 0.6) is 0 Å². The lowest BCUT2D eigenvalue weighted by molar-refractivity contribution is 0.0298. The summed E-state index contributed by atoms with van der Waals surface area (Å²) < 4.78 is 6.79. The average molecular weight is 360 g/mol. The largest absolute Gasteiger partial charge is 0.378 e. The Balaban J connectivity index is 1.41. The summed E-state index contributed by atoms with van der Waals surface area (Å²) in [6.07, 6.45) is 5.23. The number of aromatic nitrogens is 2. The predicted molar refractivity (Wildman–Crippen MR) is 95.8 cm³/mol. The lowest BCUT2D eigenvalue weighted by Gasteiger charge is -2.28. The third kappa shape index (κ3) is 3.24. The van der Waals surface area contributed by atoms with Crippen LogP contribution in [-0.4, -0.2) is 58.8 Å². The molecule has 7 nitrogen and oxygen atoms in total. The number of morpholine rings is 1. The van der Waals surface area contributed by atoms with Gasteiger partial charge in [-0.2, -0.15) is 5.10 Å². The molecule has 4 atom stereocenters. The fraction of sp³-hybridized carbons (Fsp3) is 0.737. The summed E-state index contributed by atoms with van der Waals surface area (Å²) in [4.78, 5) is 27.0. The van der Waals surface area contributed by atoms with Gasteiger partial charge in [-0.15, -0.1) is 0 Å². The lowest BCUT2D eigenvalue weighted by atomic mass is 9.84. The average Bonchev–Trinajstić information content (AvgIpc) is 3.37. The van der Waals surface area contributed by atoms with Gasteiger partial charge in [0, 0.05) is 32.2 Å². The van der Waals surface area contributed by atoms with E-state index in [1.807, 2.05) is 0 Å². The number of ether oxygens (including phenoxy) is 1. The van der Waals surface area contributed by atoms with Crippen LogP contribution in [0.2, 0.25) is 0 Å². The Hall–Kier alpha value is -1.89. The molecule has 2 aliphatic carbocycles. The first kappa shape index (κ1) is 17.5. The number of hydrogen-bond acceptors (Lipinski definition) is 4. The molecular formula is C19H28N4O3. The number of aryl methyl sites for hydroxylation is 1. The molecule has 2 amide bonds. The Kier molecular flexibility index (Phi) is 4.73. The van der Waals surface area contributed by atoms with Crippen molar-refractivity contribution in [2.45, 2.75) is 38.6 Å². The Morgan fingerprint density at radius 3 is 2.69 bits per heavy atom. The molecule has 2 heterocycles. The van der Waals surface area contributed by atoms with E-state index >= 15 is 0 Å². The highest BCUT2D eigenvalue weighted by Crippen LogP contribution is 2.49. The summed E-state index contributed by atoms with van der Waals surface area (Å²) in [6, 6.07) is 1.77. The van der Waals surface area contributed by atoms with E-state index in [1.54, 1.807) is 18.0 Å². The van der Waals surface area contributed by atoms with Gasteiger partial charge in [0.25, 0.3) is 11.8 Å². The van der Waals surface area contributed by atoms with Crippen molar-refractivity contribution < 1.29 is 14.3 Å². The molecule has 1 aromatic heterocycles. The van der Waals surface area contributed by atoms with Crippen LogP contribution in [0.4, 0.5) is 0 Å². The van der Waals surface area contributed by atoms with Crippen molar-refractivity contribution in [3.63, 3.8) is 0 Å². The highest BCUT2D eigenvalue weighted by atomic mass is 16.5. The summed E-state index contributed by atoms with van der Waals surface area (Å²) in [5, 5.41) is 7.42. The monoisotopic (exact) mass is 360 g/mol. The molecule has 2 bridgehead atoms. The van der Waals surface area contributed by atoms with Crippen molar-refractivity contribution in [3.8, 4) is 0 Å². The van der Waals surface area contributed by atoms with Gasteiger partial charge in [0.2, 0.25) is 0 Å². The molecule has 0 aromatic carbocycles. The van der Waals surface area contributed by atoms with Gasteiger partial charge in [0.1, 0.15) is 5.69 Å². The Labute approximate surface area is 154 Å². The van der Waals surface area contributed by atoms with Gasteiger partial charge in [0.05, 0.1) is 13.2 Å². The highest BCUT2D eigenvalue weighted by molar-refractivity contribution is 5.98. The minimum atomic E-state index is -0.142. The molecule has 1 aromatic rings. The van der Waals surface area contributed by atoms with Crippen LogP contribution in [-0.2, 0) is 11.8 Å². The molecule has 0 unspecified atom stereocenters. The molecular weight excluding hydrogens is 332 g/mol. The standard InChI is InChI=1S/C19H28N4O3/c1-12(15-10-13-3-4-14(15)9-13)20-18(24)17-11-16(21-22(17)2)19(25)23-5-7-26-8-6-23/h11-15H,3-10H2,1-2H3,(H,20,24)/t12-,13+,14+,15-/m0/s1. The van der Waals surface area contributed by atoms with Crippen molar-refractivity contribution in [2.24, 2.45) is 24.8 Å². The number of rotatable bonds is 4. The summed E-state index contributed by atoms with van der Waals surface area (Å²) in [5.74, 6) is 1.93. The number of hydrogen-bond donors (Lipinski definition) is 1. The van der Waals surface area contributed by atoms with Gasteiger partial charge in [-0.05, 0) is 43.9 Å². The Bertz CT molecular complexity index is 695. The first-order chi connectivity index (χ1) is 12.5. The van der Waals surface area contributed by atoms with E-state index in [4.69, 9.17) is 4.74 Å². The number of nitrogens with zero attached hydrogens (tertiary/aromatic N) is 3. The molecule has 142 valence electrons. The number of carbonyl (C=O) groups is 2. The van der Waals surface area contributed by atoms with Gasteiger partial charge in [-0.3, -0.25) is 14.3 Å². The van der Waals surface area contributed by atoms with Crippen LogP contribution in [0.1, 0.15) is 53.6 Å². The molecule has 2 saturated carbocycles. The molecule has 1 saturated heterocycles. The van der Waals surface area contributed by atoms with Crippen LogP contribution in [0.25, 0.3) is 0 Å². The van der Waals surface area contributed by atoms with Gasteiger partial charge in [-0.25, -0.2) is 0 Å². The lowest BCUT2D eigenvalue weighted by Crippen LogP contribution is -2.41. The molecule has 1 N–H and O–H groups in total. The molecule has 3 fully saturated rings. The molecule has 26 heavy (non-hydrogen) atoms. The van der Waals surface area contributed by atoms with E-state index in [-0.39, 0.29) is 17.9 Å². The van der Waals surface area contributed by atoms with Crippen molar-refractivity contribution in [1.82, 2.24) is 20.0 Å². The Morgan fingerprint density at radius 2 is 2.04 bits per heavy atom. The van der Waals surface area contributed by atoms with Crippen LogP contribution in [0.15, 0.2) is 6.07 Å². The smallest absolute Gasteiger partial charge is 0.274 e. The summed E-state index contributed by atoms with van der Waals surface area (Å²) in [5.41, 5.74) is 0.767. The maximum atomic E-state index is 12.7. The van der Waals surface area contributed by atoms with Crippen LogP contribution in [0.3, 0.4) is 0 Å². The van der Waals surface area contributed by atoms with Gasteiger partial charge in [0.15, 0.2) is 5.69 Å². The van der Waals surface area contributed by atoms with Gasteiger partial charge >= 0.3 is 0 Å². The fourth-order valence-electron chi connectivity index (χ4n) is 5.01. The SMILES string of the molecule is C[C@H](NC(=O)c1cc(C(=O)N2CCOCC2)nn1C)[C@@H]1C[C@@H]2CC[C@@H]1C2. The zero-order valence-corrected chi connectivity index (χ0v) is 15.6. The maximum Gasteiger partial charge on any atom is 0.274 e. The van der Waals surface area contributed by atoms with E-state index in [9.17, 15) is 9.59 Å². The second-order valence-electron chi connectivity index (χ2n) is 8.04. The second-order valence-corrected chi connectivity index (χ2v) is 8.04. The third-order valence-electron chi connectivity index (χ3n) is 6.42. The Morgan fingerprint density at radius 1 is 1.27 bits per heavy atom. The molecule has 0 radical (unpaired) electrons. The minimum absolute atomic E-state index is 0.135. The van der Waals surface area contributed by atoms with E-state index in [2.05, 4.69) is 17.3 Å². The first-order valence-electron chi connectivity index (χ1n) is 9.75. The number of carbonyl (C=O) groups excluding carboxylic acids is 2. The third-order valence-corrected chi connectivity index (χ3v) is 6.42. The maximum absolute atomic E-state index is 12.7. The fourth-order valence-corrected chi connectivity index (χ4v) is 5.01. The minimum Gasteiger partial charge on any atom is -0.378 e. The molecule has 1 aliphatic heterocycles. The van der Waals surface area contributed by atoms with E-state index < -0.39 is 0 Å². The van der Waals surface area contributed by atoms with E-state index in [0.717, 1.165) is 11.8 Å². The van der Waals surface area contributed by atoms with Gasteiger partial charge in [-0.1, -0.05) is 6.42 Å². The molecule has 7 heteroatoms. The number of amides is 2. The van der Waals surface area contributed by atoms with E-state index in [1.165, 1.54) is 30.4 Å². The molecule has 4 rings (SSSR count). The predicted octanol–water partition coefficient (Wildman–Crippen LogP) is 1.45. The second kappa shape index (κ2) is 7.02. The summed E-state index contributed by atoms with van der Waals surface area (Å²) in [6.45, 7) is 4.34. The zero-order chi connectivity index (χ0) is 18.3. The van der Waals surface area contributed by atoms with Crippen LogP contribution < -0.4 is 5.32 Å². The molecule has 3 aliphatic rings. The summed E-state index contributed by atoms with van der Waals surface area (Å²) in [7, 11) is 1.72. The molecule has 0 spiro atoms. The summed E-state index contributed by atoms with van der Waals surface area (Å²) >= 11 is 0. The van der Waals surface area contributed by atoms with Crippen LogP contribution in [0, 0.1) is 17.8 Å². The number of fused-ring (bicyclic) bond motifs is 2. The van der Waals surface area contributed by atoms with E-state index in [0.29, 0.717) is 43.6 Å². The quantitative estimate of drug-likeness (QED) is 0.882.